The van der Waals surface area contributed by atoms with E-state index in [9.17, 15) is 19.8 Å². The van der Waals surface area contributed by atoms with Crippen molar-refractivity contribution in [2.24, 2.45) is 0 Å². The second kappa shape index (κ2) is 9.27. The van der Waals surface area contributed by atoms with Gasteiger partial charge in [-0.15, -0.1) is 0 Å². The fourth-order valence-electron chi connectivity index (χ4n) is 4.46. The largest absolute Gasteiger partial charge is 0.508 e. The van der Waals surface area contributed by atoms with Crippen molar-refractivity contribution in [2.45, 2.75) is 51.9 Å². The van der Waals surface area contributed by atoms with E-state index >= 15 is 0 Å². The minimum Gasteiger partial charge on any atom is -0.508 e. The number of phenolic OH excluding ortho intramolecular Hbond substituents is 1. The van der Waals surface area contributed by atoms with Crippen LogP contribution in [0, 0.1) is 6.92 Å². The van der Waals surface area contributed by atoms with Crippen LogP contribution in [0.5, 0.6) is 11.5 Å². The molecule has 2 atom stereocenters. The minimum absolute atomic E-state index is 0.000486. The molecule has 1 amide bonds. The minimum atomic E-state index is -0.826. The van der Waals surface area contributed by atoms with Crippen molar-refractivity contribution in [3.8, 4) is 11.5 Å². The molecule has 0 radical (unpaired) electrons. The third kappa shape index (κ3) is 4.59. The van der Waals surface area contributed by atoms with Gasteiger partial charge in [0.15, 0.2) is 0 Å². The highest BCUT2D eigenvalue weighted by atomic mass is 16.5. The molecular formula is C26H29NO6. The van der Waals surface area contributed by atoms with Crippen LogP contribution in [0.25, 0.3) is 5.76 Å². The van der Waals surface area contributed by atoms with E-state index < -0.39 is 17.7 Å². The molecule has 4 rings (SSSR count). The molecule has 0 aliphatic carbocycles. The highest BCUT2D eigenvalue weighted by Crippen LogP contribution is 2.41. The second-order valence-electron chi connectivity index (χ2n) is 8.83. The number of ether oxygens (including phenoxy) is 2. The number of hydrogen-bond acceptors (Lipinski definition) is 6. The number of aromatic hydroxyl groups is 1. The molecule has 2 saturated heterocycles. The molecule has 0 bridgehead atoms. The summed E-state index contributed by atoms with van der Waals surface area (Å²) in [7, 11) is 0. The Morgan fingerprint density at radius 1 is 1.21 bits per heavy atom. The Hall–Kier alpha value is -3.32. The van der Waals surface area contributed by atoms with E-state index in [0.717, 1.165) is 18.4 Å². The summed E-state index contributed by atoms with van der Waals surface area (Å²) < 4.78 is 11.5. The molecule has 7 nitrogen and oxygen atoms in total. The molecule has 174 valence electrons. The van der Waals surface area contributed by atoms with E-state index in [1.54, 1.807) is 30.3 Å². The summed E-state index contributed by atoms with van der Waals surface area (Å²) in [5.41, 5.74) is 1.77. The van der Waals surface area contributed by atoms with Crippen LogP contribution in [-0.2, 0) is 14.3 Å². The first-order chi connectivity index (χ1) is 15.8. The maximum atomic E-state index is 13.1. The number of Topliss-reactive ketones (excluding diaryl/α,β-unsaturated/α-hetero) is 1. The number of benzene rings is 2. The van der Waals surface area contributed by atoms with Crippen LogP contribution in [0.3, 0.4) is 0 Å². The molecule has 33 heavy (non-hydrogen) atoms. The number of aryl methyl sites for hydroxylation is 1. The quantitative estimate of drug-likeness (QED) is 0.390. The third-order valence-electron chi connectivity index (χ3n) is 5.96. The number of likely N-dealkylation sites (tertiary alicyclic amines) is 1. The van der Waals surface area contributed by atoms with Crippen LogP contribution in [0.15, 0.2) is 48.0 Å². The van der Waals surface area contributed by atoms with Crippen molar-refractivity contribution in [1.29, 1.82) is 0 Å². The average molecular weight is 452 g/mol. The maximum absolute atomic E-state index is 13.1. The van der Waals surface area contributed by atoms with Gasteiger partial charge in [0.25, 0.3) is 11.7 Å². The Balaban J connectivity index is 1.80. The molecule has 0 saturated carbocycles. The molecule has 2 heterocycles. The molecule has 0 aromatic heterocycles. The lowest BCUT2D eigenvalue weighted by atomic mass is 9.94. The number of aliphatic hydroxyl groups excluding tert-OH is 1. The summed E-state index contributed by atoms with van der Waals surface area (Å²) in [6.07, 6.45) is 1.52. The number of aliphatic hydroxyl groups is 1. The van der Waals surface area contributed by atoms with Crippen molar-refractivity contribution in [1.82, 2.24) is 4.90 Å². The Labute approximate surface area is 193 Å². The zero-order valence-electron chi connectivity index (χ0n) is 19.1. The number of nitrogens with zero attached hydrogens (tertiary/aromatic N) is 1. The number of carbonyl (C=O) groups excluding carboxylic acids is 2. The van der Waals surface area contributed by atoms with Gasteiger partial charge in [-0.3, -0.25) is 9.59 Å². The fraction of sp³-hybridized carbons (Fsp3) is 0.385. The Kier molecular flexibility index (Phi) is 6.42. The summed E-state index contributed by atoms with van der Waals surface area (Å²) in [4.78, 5) is 27.6. The highest BCUT2D eigenvalue weighted by Gasteiger charge is 2.47. The van der Waals surface area contributed by atoms with Crippen molar-refractivity contribution >= 4 is 17.4 Å². The Bertz CT molecular complexity index is 1100. The molecule has 2 aliphatic rings. The lowest BCUT2D eigenvalue weighted by Gasteiger charge is -2.27. The van der Waals surface area contributed by atoms with Gasteiger partial charge in [0.2, 0.25) is 0 Å². The lowest BCUT2D eigenvalue weighted by Crippen LogP contribution is -2.36. The summed E-state index contributed by atoms with van der Waals surface area (Å²) in [5.74, 6) is -0.988. The van der Waals surface area contributed by atoms with E-state index in [1.165, 1.54) is 17.0 Å². The van der Waals surface area contributed by atoms with Gasteiger partial charge in [0.05, 0.1) is 23.8 Å². The number of carbonyl (C=O) groups is 2. The summed E-state index contributed by atoms with van der Waals surface area (Å²) >= 11 is 0. The van der Waals surface area contributed by atoms with E-state index in [-0.39, 0.29) is 35.8 Å². The zero-order valence-corrected chi connectivity index (χ0v) is 19.1. The van der Waals surface area contributed by atoms with E-state index in [4.69, 9.17) is 9.47 Å². The standard InChI is InChI=1S/C26H29NO6/c1-15(2)33-21-10-9-18(12-16(21)3)24(29)22-23(17-6-4-7-19(28)13-17)27(26(31)25(22)30)14-20-8-5-11-32-20/h4,6-7,9-10,12-13,15,20,23,28-29H,5,8,11,14H2,1-3H3/b24-22-. The van der Waals surface area contributed by atoms with Crippen molar-refractivity contribution in [2.75, 3.05) is 13.2 Å². The number of phenols is 1. The van der Waals surface area contributed by atoms with Gasteiger partial charge in [-0.05, 0) is 75.1 Å². The van der Waals surface area contributed by atoms with Gasteiger partial charge in [-0.1, -0.05) is 12.1 Å². The smallest absolute Gasteiger partial charge is 0.295 e. The Morgan fingerprint density at radius 2 is 2.00 bits per heavy atom. The molecular weight excluding hydrogens is 422 g/mol. The Morgan fingerprint density at radius 3 is 2.64 bits per heavy atom. The molecule has 2 aliphatic heterocycles. The van der Waals surface area contributed by atoms with Crippen LogP contribution in [-0.4, -0.2) is 52.2 Å². The zero-order chi connectivity index (χ0) is 23.7. The molecule has 7 heteroatoms. The van der Waals surface area contributed by atoms with Gasteiger partial charge in [-0.2, -0.15) is 0 Å². The van der Waals surface area contributed by atoms with E-state index in [1.807, 2.05) is 20.8 Å². The first kappa shape index (κ1) is 22.9. The van der Waals surface area contributed by atoms with Gasteiger partial charge in [0.1, 0.15) is 17.3 Å². The summed E-state index contributed by atoms with van der Waals surface area (Å²) in [6, 6.07) is 10.7. The number of rotatable bonds is 6. The maximum Gasteiger partial charge on any atom is 0.295 e. The van der Waals surface area contributed by atoms with Crippen LogP contribution < -0.4 is 4.74 Å². The van der Waals surface area contributed by atoms with Crippen molar-refractivity contribution < 1.29 is 29.3 Å². The van der Waals surface area contributed by atoms with Crippen LogP contribution in [0.2, 0.25) is 0 Å². The first-order valence-corrected chi connectivity index (χ1v) is 11.2. The normalized spacial score (nSPS) is 22.4. The van der Waals surface area contributed by atoms with Crippen LogP contribution in [0.1, 0.15) is 49.4 Å². The molecule has 2 unspecified atom stereocenters. The SMILES string of the molecule is Cc1cc(/C(O)=C2/C(=O)C(=O)N(CC3CCCO3)C2c2cccc(O)c2)ccc1OC(C)C. The molecule has 2 fully saturated rings. The predicted molar refractivity (Wildman–Crippen MR) is 123 cm³/mol. The van der Waals surface area contributed by atoms with Crippen molar-refractivity contribution in [3.05, 3.63) is 64.7 Å². The first-order valence-electron chi connectivity index (χ1n) is 11.2. The lowest BCUT2D eigenvalue weighted by molar-refractivity contribution is -0.140. The summed E-state index contributed by atoms with van der Waals surface area (Å²) in [6.45, 7) is 6.57. The van der Waals surface area contributed by atoms with Gasteiger partial charge in [-0.25, -0.2) is 0 Å². The van der Waals surface area contributed by atoms with Crippen LogP contribution in [0.4, 0.5) is 0 Å². The van der Waals surface area contributed by atoms with Gasteiger partial charge in [0, 0.05) is 18.7 Å². The third-order valence-corrected chi connectivity index (χ3v) is 5.96. The van der Waals surface area contributed by atoms with Crippen molar-refractivity contribution in [3.63, 3.8) is 0 Å². The molecule has 0 spiro atoms. The number of hydrogen-bond donors (Lipinski definition) is 2. The monoisotopic (exact) mass is 451 g/mol. The van der Waals surface area contributed by atoms with Gasteiger partial charge < -0.3 is 24.6 Å². The summed E-state index contributed by atoms with van der Waals surface area (Å²) in [5, 5.41) is 21.3. The second-order valence-corrected chi connectivity index (χ2v) is 8.83. The molecule has 2 N–H and O–H groups in total. The van der Waals surface area contributed by atoms with Crippen LogP contribution >= 0.6 is 0 Å². The number of ketones is 1. The number of amides is 1. The highest BCUT2D eigenvalue weighted by molar-refractivity contribution is 6.46. The van der Waals surface area contributed by atoms with E-state index in [0.29, 0.717) is 23.5 Å². The molecule has 2 aromatic carbocycles. The topological polar surface area (TPSA) is 96.3 Å². The fourth-order valence-corrected chi connectivity index (χ4v) is 4.46. The predicted octanol–water partition coefficient (Wildman–Crippen LogP) is 4.09. The van der Waals surface area contributed by atoms with Gasteiger partial charge >= 0.3 is 0 Å². The molecule has 2 aromatic rings. The van der Waals surface area contributed by atoms with E-state index in [2.05, 4.69) is 0 Å². The average Bonchev–Trinajstić information content (AvgIpc) is 3.37.